The molecule has 1 saturated heterocycles. The van der Waals surface area contributed by atoms with Gasteiger partial charge < -0.3 is 10.5 Å². The lowest BCUT2D eigenvalue weighted by molar-refractivity contribution is 0.101. The monoisotopic (exact) mass is 301 g/mol. The fourth-order valence-electron chi connectivity index (χ4n) is 2.57. The molecule has 106 valence electrons. The van der Waals surface area contributed by atoms with E-state index >= 15 is 0 Å². The quantitative estimate of drug-likeness (QED) is 0.854. The summed E-state index contributed by atoms with van der Waals surface area (Å²) in [5, 5.41) is 1.42. The average Bonchev–Trinajstić information content (AvgIpc) is 2.87. The third kappa shape index (κ3) is 4.64. The number of halogens is 2. The summed E-state index contributed by atoms with van der Waals surface area (Å²) in [4.78, 5) is 0. The van der Waals surface area contributed by atoms with Crippen molar-refractivity contribution in [1.29, 1.82) is 0 Å². The first-order valence-corrected chi connectivity index (χ1v) is 7.72. The predicted molar refractivity (Wildman–Crippen MR) is 81.0 cm³/mol. The highest BCUT2D eigenvalue weighted by Crippen LogP contribution is 2.26. The molecular weight excluding hydrogens is 281 g/mol. The van der Waals surface area contributed by atoms with Crippen LogP contribution < -0.4 is 5.73 Å². The van der Waals surface area contributed by atoms with Gasteiger partial charge in [0.1, 0.15) is 0 Å². The molecule has 2 atom stereocenters. The molecule has 19 heavy (non-hydrogen) atoms. The molecule has 2 N–H and O–H groups in total. The van der Waals surface area contributed by atoms with Crippen LogP contribution in [0.25, 0.3) is 0 Å². The van der Waals surface area contributed by atoms with Crippen LogP contribution in [0.4, 0.5) is 0 Å². The average molecular weight is 302 g/mol. The van der Waals surface area contributed by atoms with Crippen molar-refractivity contribution in [3.63, 3.8) is 0 Å². The Morgan fingerprint density at radius 1 is 1.32 bits per heavy atom. The molecule has 1 aliphatic rings. The lowest BCUT2D eigenvalue weighted by Crippen LogP contribution is -2.23. The van der Waals surface area contributed by atoms with Crippen molar-refractivity contribution in [3.8, 4) is 0 Å². The molecule has 0 spiro atoms. The molecule has 1 aliphatic heterocycles. The molecule has 2 nitrogen and oxygen atoms in total. The van der Waals surface area contributed by atoms with E-state index in [9.17, 15) is 0 Å². The minimum absolute atomic E-state index is 0.110. The Bertz CT molecular complexity index is 385. The standard InChI is InChI=1S/C15H21Cl2NO/c16-14-7-2-8-15(17)13(14)10-11(18)4-1-5-12-6-3-9-19-12/h2,7-8,11-12H,1,3-6,9-10,18H2. The first-order valence-electron chi connectivity index (χ1n) is 6.97. The zero-order valence-corrected chi connectivity index (χ0v) is 12.6. The molecule has 1 fully saturated rings. The minimum atomic E-state index is 0.110. The van der Waals surface area contributed by atoms with Gasteiger partial charge in [-0.25, -0.2) is 0 Å². The van der Waals surface area contributed by atoms with Gasteiger partial charge in [-0.2, -0.15) is 0 Å². The summed E-state index contributed by atoms with van der Waals surface area (Å²) in [6.07, 6.45) is 6.80. The molecule has 0 bridgehead atoms. The second-order valence-electron chi connectivity index (χ2n) is 5.23. The van der Waals surface area contributed by atoms with Gasteiger partial charge in [-0.1, -0.05) is 29.3 Å². The molecule has 2 unspecified atom stereocenters. The van der Waals surface area contributed by atoms with Gasteiger partial charge in [-0.3, -0.25) is 0 Å². The number of nitrogens with two attached hydrogens (primary N) is 1. The maximum absolute atomic E-state index is 6.17. The lowest BCUT2D eigenvalue weighted by atomic mass is 10.00. The normalized spacial score (nSPS) is 20.7. The van der Waals surface area contributed by atoms with Crippen LogP contribution in [0.2, 0.25) is 10.0 Å². The molecule has 0 radical (unpaired) electrons. The van der Waals surface area contributed by atoms with Crippen LogP contribution in [0.1, 0.15) is 37.7 Å². The van der Waals surface area contributed by atoms with Crippen molar-refractivity contribution in [2.24, 2.45) is 5.73 Å². The largest absolute Gasteiger partial charge is 0.378 e. The van der Waals surface area contributed by atoms with Gasteiger partial charge in [0.05, 0.1) is 6.10 Å². The van der Waals surface area contributed by atoms with Gasteiger partial charge in [-0.05, 0) is 56.2 Å². The van der Waals surface area contributed by atoms with E-state index in [0.29, 0.717) is 16.1 Å². The highest BCUT2D eigenvalue weighted by Gasteiger charge is 2.16. The van der Waals surface area contributed by atoms with E-state index in [1.807, 2.05) is 18.2 Å². The molecule has 0 amide bonds. The second-order valence-corrected chi connectivity index (χ2v) is 6.04. The van der Waals surface area contributed by atoms with Crippen molar-refractivity contribution in [2.75, 3.05) is 6.61 Å². The highest BCUT2D eigenvalue weighted by atomic mass is 35.5. The fraction of sp³-hybridized carbons (Fsp3) is 0.600. The van der Waals surface area contributed by atoms with Gasteiger partial charge in [0.25, 0.3) is 0 Å². The smallest absolute Gasteiger partial charge is 0.0576 e. The van der Waals surface area contributed by atoms with E-state index in [-0.39, 0.29) is 6.04 Å². The highest BCUT2D eigenvalue weighted by molar-refractivity contribution is 6.35. The van der Waals surface area contributed by atoms with Gasteiger partial charge in [0.2, 0.25) is 0 Å². The van der Waals surface area contributed by atoms with Crippen molar-refractivity contribution >= 4 is 23.2 Å². The van der Waals surface area contributed by atoms with Gasteiger partial charge in [0, 0.05) is 22.7 Å². The molecule has 1 aromatic rings. The summed E-state index contributed by atoms with van der Waals surface area (Å²) in [5.74, 6) is 0. The topological polar surface area (TPSA) is 35.2 Å². The Morgan fingerprint density at radius 3 is 2.68 bits per heavy atom. The summed E-state index contributed by atoms with van der Waals surface area (Å²) < 4.78 is 5.61. The van der Waals surface area contributed by atoms with E-state index in [1.54, 1.807) is 0 Å². The third-order valence-corrected chi connectivity index (χ3v) is 4.36. The van der Waals surface area contributed by atoms with E-state index in [4.69, 9.17) is 33.7 Å². The molecule has 4 heteroatoms. The van der Waals surface area contributed by atoms with Crippen LogP contribution in [-0.2, 0) is 11.2 Å². The van der Waals surface area contributed by atoms with Crippen LogP contribution in [-0.4, -0.2) is 18.8 Å². The van der Waals surface area contributed by atoms with Crippen molar-refractivity contribution < 1.29 is 4.74 Å². The van der Waals surface area contributed by atoms with Crippen molar-refractivity contribution in [3.05, 3.63) is 33.8 Å². The molecule has 1 aromatic carbocycles. The third-order valence-electron chi connectivity index (χ3n) is 3.65. The predicted octanol–water partition coefficient (Wildman–Crippen LogP) is 4.21. The Morgan fingerprint density at radius 2 is 2.05 bits per heavy atom. The Hall–Kier alpha value is -0.280. The molecule has 2 rings (SSSR count). The van der Waals surface area contributed by atoms with E-state index in [2.05, 4.69) is 0 Å². The number of hydrogen-bond acceptors (Lipinski definition) is 2. The molecular formula is C15H21Cl2NO. The number of rotatable bonds is 6. The Balaban J connectivity index is 1.75. The van der Waals surface area contributed by atoms with Crippen LogP contribution in [0.3, 0.4) is 0 Å². The zero-order valence-electron chi connectivity index (χ0n) is 11.1. The maximum Gasteiger partial charge on any atom is 0.0576 e. The first-order chi connectivity index (χ1) is 9.16. The summed E-state index contributed by atoms with van der Waals surface area (Å²) in [5.41, 5.74) is 7.14. The fourth-order valence-corrected chi connectivity index (χ4v) is 3.12. The molecule has 1 heterocycles. The van der Waals surface area contributed by atoms with Crippen LogP contribution in [0.5, 0.6) is 0 Å². The lowest BCUT2D eigenvalue weighted by Gasteiger charge is -2.15. The molecule has 0 aromatic heterocycles. The summed E-state index contributed by atoms with van der Waals surface area (Å²) in [6, 6.07) is 5.69. The van der Waals surface area contributed by atoms with E-state index in [1.165, 1.54) is 12.8 Å². The van der Waals surface area contributed by atoms with Crippen LogP contribution >= 0.6 is 23.2 Å². The summed E-state index contributed by atoms with van der Waals surface area (Å²) >= 11 is 12.3. The zero-order chi connectivity index (χ0) is 13.7. The summed E-state index contributed by atoms with van der Waals surface area (Å²) in [7, 11) is 0. The molecule has 0 aliphatic carbocycles. The molecule has 0 saturated carbocycles. The van der Waals surface area contributed by atoms with Gasteiger partial charge in [0.15, 0.2) is 0 Å². The van der Waals surface area contributed by atoms with Crippen molar-refractivity contribution in [2.45, 2.75) is 50.7 Å². The van der Waals surface area contributed by atoms with E-state index < -0.39 is 0 Å². The minimum Gasteiger partial charge on any atom is -0.378 e. The van der Waals surface area contributed by atoms with Gasteiger partial charge in [-0.15, -0.1) is 0 Å². The Kier molecular flexibility index (Phi) is 5.96. The second kappa shape index (κ2) is 7.49. The van der Waals surface area contributed by atoms with Crippen molar-refractivity contribution in [1.82, 2.24) is 0 Å². The van der Waals surface area contributed by atoms with Crippen LogP contribution in [0.15, 0.2) is 18.2 Å². The Labute approximate surface area is 125 Å². The number of benzene rings is 1. The maximum atomic E-state index is 6.17. The summed E-state index contributed by atoms with van der Waals surface area (Å²) in [6.45, 7) is 0.923. The first kappa shape index (κ1) is 15.1. The van der Waals surface area contributed by atoms with Crippen LogP contribution in [0, 0.1) is 0 Å². The van der Waals surface area contributed by atoms with Gasteiger partial charge >= 0.3 is 0 Å². The number of hydrogen-bond donors (Lipinski definition) is 1. The van der Waals surface area contributed by atoms with E-state index in [0.717, 1.165) is 37.9 Å². The number of ether oxygens (including phenoxy) is 1. The SMILES string of the molecule is NC(CCCC1CCCO1)Cc1c(Cl)cccc1Cl.